The van der Waals surface area contributed by atoms with Gasteiger partial charge in [0.05, 0.1) is 4.90 Å². The summed E-state index contributed by atoms with van der Waals surface area (Å²) in [6.45, 7) is 3.96. The van der Waals surface area contributed by atoms with E-state index in [1.54, 1.807) is 26.3 Å². The van der Waals surface area contributed by atoms with Crippen LogP contribution in [0.4, 0.5) is 0 Å². The van der Waals surface area contributed by atoms with E-state index in [4.69, 9.17) is 16.3 Å². The van der Waals surface area contributed by atoms with Crippen molar-refractivity contribution in [1.29, 1.82) is 0 Å². The van der Waals surface area contributed by atoms with Crippen LogP contribution >= 0.6 is 11.6 Å². The van der Waals surface area contributed by atoms with E-state index in [0.717, 1.165) is 32.7 Å². The van der Waals surface area contributed by atoms with Crippen LogP contribution in [0.1, 0.15) is 6.42 Å². The van der Waals surface area contributed by atoms with Crippen molar-refractivity contribution in [2.75, 3.05) is 60.5 Å². The molecule has 10 heteroatoms. The normalized spacial score (nSPS) is 12.4. The molecule has 0 aromatic heterocycles. The highest BCUT2D eigenvalue weighted by atomic mass is 35.5. The van der Waals surface area contributed by atoms with Crippen molar-refractivity contribution >= 4 is 27.6 Å². The summed E-state index contributed by atoms with van der Waals surface area (Å²) in [6, 6.07) is 6.16. The lowest BCUT2D eigenvalue weighted by Crippen LogP contribution is -2.43. The minimum Gasteiger partial charge on any atom is -0.385 e. The van der Waals surface area contributed by atoms with Gasteiger partial charge in [-0.1, -0.05) is 17.7 Å². The number of guanidine groups is 1. The van der Waals surface area contributed by atoms with E-state index in [9.17, 15) is 8.42 Å². The molecular formula is C17H30ClN5O3S. The number of benzene rings is 1. The summed E-state index contributed by atoms with van der Waals surface area (Å²) in [5.74, 6) is 0.627. The third kappa shape index (κ3) is 9.92. The van der Waals surface area contributed by atoms with Gasteiger partial charge in [-0.25, -0.2) is 13.1 Å². The van der Waals surface area contributed by atoms with Crippen LogP contribution in [0.5, 0.6) is 0 Å². The average Bonchev–Trinajstić information content (AvgIpc) is 2.64. The molecule has 0 radical (unpaired) electrons. The standard InChI is InChI=1S/C17H30ClN5O3S/c1-19-17(21-10-12-23(2)11-5-13-26-3)20-8-9-22-27(24,25)16-7-4-6-15(18)14-16/h4,6-7,14,22H,5,8-13H2,1-3H3,(H2,19,20,21). The second kappa shape index (κ2) is 12.9. The zero-order valence-electron chi connectivity index (χ0n) is 16.2. The SMILES string of the molecule is CN=C(NCCNS(=O)(=O)c1cccc(Cl)c1)NCCN(C)CCCOC. The van der Waals surface area contributed by atoms with E-state index in [1.807, 2.05) is 0 Å². The number of hydrogen-bond donors (Lipinski definition) is 3. The van der Waals surface area contributed by atoms with Gasteiger partial charge >= 0.3 is 0 Å². The van der Waals surface area contributed by atoms with E-state index in [-0.39, 0.29) is 11.4 Å². The molecule has 0 atom stereocenters. The first-order chi connectivity index (χ1) is 12.9. The summed E-state index contributed by atoms with van der Waals surface area (Å²) < 4.78 is 32.0. The van der Waals surface area contributed by atoms with Gasteiger partial charge < -0.3 is 20.3 Å². The summed E-state index contributed by atoms with van der Waals surface area (Å²) in [5.41, 5.74) is 0. The van der Waals surface area contributed by atoms with Gasteiger partial charge in [0, 0.05) is 58.5 Å². The molecule has 27 heavy (non-hydrogen) atoms. The van der Waals surface area contributed by atoms with Crippen molar-refractivity contribution in [3.8, 4) is 0 Å². The molecule has 1 aromatic carbocycles. The van der Waals surface area contributed by atoms with E-state index < -0.39 is 10.0 Å². The first-order valence-corrected chi connectivity index (χ1v) is 10.6. The molecule has 1 rings (SSSR count). The highest BCUT2D eigenvalue weighted by molar-refractivity contribution is 7.89. The van der Waals surface area contributed by atoms with Crippen molar-refractivity contribution in [3.05, 3.63) is 29.3 Å². The molecule has 1 aromatic rings. The van der Waals surface area contributed by atoms with Crippen LogP contribution in [-0.2, 0) is 14.8 Å². The lowest BCUT2D eigenvalue weighted by atomic mass is 10.4. The molecule has 0 aliphatic heterocycles. The zero-order chi connectivity index (χ0) is 20.1. The molecule has 8 nitrogen and oxygen atoms in total. The molecule has 0 spiro atoms. The van der Waals surface area contributed by atoms with Crippen LogP contribution in [0, 0.1) is 0 Å². The first-order valence-electron chi connectivity index (χ1n) is 8.76. The van der Waals surface area contributed by atoms with E-state index in [0.29, 0.717) is 17.5 Å². The number of halogens is 1. The van der Waals surface area contributed by atoms with Gasteiger partial charge in [-0.2, -0.15) is 0 Å². The van der Waals surface area contributed by atoms with Gasteiger partial charge in [0.1, 0.15) is 0 Å². The Morgan fingerprint density at radius 1 is 1.22 bits per heavy atom. The quantitative estimate of drug-likeness (QED) is 0.263. The Morgan fingerprint density at radius 3 is 2.63 bits per heavy atom. The second-order valence-corrected chi connectivity index (χ2v) is 8.13. The molecule has 0 heterocycles. The van der Waals surface area contributed by atoms with E-state index >= 15 is 0 Å². The molecule has 0 aliphatic carbocycles. The topological polar surface area (TPSA) is 95.1 Å². The summed E-state index contributed by atoms with van der Waals surface area (Å²) in [5, 5.41) is 6.66. The average molecular weight is 420 g/mol. The van der Waals surface area contributed by atoms with Crippen LogP contribution in [0.15, 0.2) is 34.2 Å². The van der Waals surface area contributed by atoms with Crippen LogP contribution in [0.25, 0.3) is 0 Å². The molecule has 0 saturated heterocycles. The van der Waals surface area contributed by atoms with Crippen LogP contribution in [0.3, 0.4) is 0 Å². The fourth-order valence-corrected chi connectivity index (χ4v) is 3.59. The van der Waals surface area contributed by atoms with Gasteiger partial charge in [0.15, 0.2) is 5.96 Å². The molecule has 0 fully saturated rings. The van der Waals surface area contributed by atoms with Gasteiger partial charge in [0.25, 0.3) is 0 Å². The Morgan fingerprint density at radius 2 is 1.96 bits per heavy atom. The summed E-state index contributed by atoms with van der Waals surface area (Å²) in [6.07, 6.45) is 0.993. The van der Waals surface area contributed by atoms with Gasteiger partial charge in [-0.15, -0.1) is 0 Å². The Kier molecular flexibility index (Phi) is 11.3. The highest BCUT2D eigenvalue weighted by Crippen LogP contribution is 2.14. The minimum absolute atomic E-state index is 0.147. The maximum absolute atomic E-state index is 12.2. The number of nitrogens with one attached hydrogen (secondary N) is 3. The Bertz CT molecular complexity index is 685. The molecular weight excluding hydrogens is 390 g/mol. The van der Waals surface area contributed by atoms with Gasteiger partial charge in [0.2, 0.25) is 10.0 Å². The lowest BCUT2D eigenvalue weighted by Gasteiger charge is -2.18. The number of likely N-dealkylation sites (N-methyl/N-ethyl adjacent to an activating group) is 1. The number of nitrogens with zero attached hydrogens (tertiary/aromatic N) is 2. The van der Waals surface area contributed by atoms with Crippen molar-refractivity contribution < 1.29 is 13.2 Å². The second-order valence-electron chi connectivity index (χ2n) is 5.93. The largest absolute Gasteiger partial charge is 0.385 e. The Labute approximate surface area is 167 Å². The first kappa shape index (κ1) is 23.6. The number of ether oxygens (including phenoxy) is 1. The van der Waals surface area contributed by atoms with Crippen molar-refractivity contribution in [2.24, 2.45) is 4.99 Å². The van der Waals surface area contributed by atoms with Crippen LogP contribution in [-0.4, -0.2) is 79.8 Å². The summed E-state index contributed by atoms with van der Waals surface area (Å²) in [4.78, 5) is 6.48. The summed E-state index contributed by atoms with van der Waals surface area (Å²) >= 11 is 5.84. The number of rotatable bonds is 12. The van der Waals surface area contributed by atoms with Gasteiger partial charge in [-0.05, 0) is 31.7 Å². The summed E-state index contributed by atoms with van der Waals surface area (Å²) in [7, 11) is 1.85. The van der Waals surface area contributed by atoms with Crippen molar-refractivity contribution in [3.63, 3.8) is 0 Å². The number of sulfonamides is 1. The third-order valence-electron chi connectivity index (χ3n) is 3.71. The van der Waals surface area contributed by atoms with Crippen molar-refractivity contribution in [2.45, 2.75) is 11.3 Å². The maximum atomic E-state index is 12.2. The smallest absolute Gasteiger partial charge is 0.240 e. The molecule has 154 valence electrons. The van der Waals surface area contributed by atoms with Crippen molar-refractivity contribution in [1.82, 2.24) is 20.3 Å². The molecule has 0 bridgehead atoms. The minimum atomic E-state index is -3.58. The van der Waals surface area contributed by atoms with E-state index in [1.165, 1.54) is 12.1 Å². The third-order valence-corrected chi connectivity index (χ3v) is 5.41. The van der Waals surface area contributed by atoms with Gasteiger partial charge in [-0.3, -0.25) is 4.99 Å². The predicted molar refractivity (Wildman–Crippen MR) is 110 cm³/mol. The predicted octanol–water partition coefficient (Wildman–Crippen LogP) is 0.752. The number of aliphatic imine (C=N–C) groups is 1. The molecule has 0 saturated carbocycles. The molecule has 0 aliphatic rings. The molecule has 0 unspecified atom stereocenters. The number of hydrogen-bond acceptors (Lipinski definition) is 5. The van der Waals surface area contributed by atoms with Crippen LogP contribution < -0.4 is 15.4 Å². The fraction of sp³-hybridized carbons (Fsp3) is 0.588. The van der Waals surface area contributed by atoms with E-state index in [2.05, 4.69) is 32.3 Å². The lowest BCUT2D eigenvalue weighted by molar-refractivity contribution is 0.180. The number of methoxy groups -OCH3 is 1. The maximum Gasteiger partial charge on any atom is 0.240 e. The Hall–Kier alpha value is -1.39. The zero-order valence-corrected chi connectivity index (χ0v) is 17.7. The monoisotopic (exact) mass is 419 g/mol. The molecule has 3 N–H and O–H groups in total. The Balaban J connectivity index is 2.27. The fourth-order valence-electron chi connectivity index (χ4n) is 2.26. The van der Waals surface area contributed by atoms with Crippen LogP contribution in [0.2, 0.25) is 5.02 Å². The highest BCUT2D eigenvalue weighted by Gasteiger charge is 2.13. The molecule has 0 amide bonds.